The Labute approximate surface area is 157 Å². The van der Waals surface area contributed by atoms with E-state index >= 15 is 0 Å². The minimum Gasteiger partial charge on any atom is -0.493 e. The highest BCUT2D eigenvalue weighted by molar-refractivity contribution is 5.66. The molecular formula is C21H23F2NO3. The summed E-state index contributed by atoms with van der Waals surface area (Å²) in [6.45, 7) is 1.08. The summed E-state index contributed by atoms with van der Waals surface area (Å²) >= 11 is 0. The lowest BCUT2D eigenvalue weighted by atomic mass is 10.0. The molecule has 0 atom stereocenters. The summed E-state index contributed by atoms with van der Waals surface area (Å²) in [5.74, 6) is -0.808. The van der Waals surface area contributed by atoms with Gasteiger partial charge in [0.15, 0.2) is 0 Å². The van der Waals surface area contributed by atoms with Gasteiger partial charge in [-0.2, -0.15) is 0 Å². The van der Waals surface area contributed by atoms with Crippen molar-refractivity contribution in [3.8, 4) is 16.9 Å². The van der Waals surface area contributed by atoms with Gasteiger partial charge in [0.05, 0.1) is 6.61 Å². The number of nitrogens with one attached hydrogen (secondary N) is 1. The second-order valence-corrected chi connectivity index (χ2v) is 6.87. The first-order valence-corrected chi connectivity index (χ1v) is 9.16. The van der Waals surface area contributed by atoms with Crippen molar-refractivity contribution in [1.29, 1.82) is 0 Å². The number of carbonyl (C=O) groups is 1. The minimum absolute atomic E-state index is 0.0160. The van der Waals surface area contributed by atoms with Crippen molar-refractivity contribution in [3.63, 3.8) is 0 Å². The van der Waals surface area contributed by atoms with Crippen LogP contribution in [0.25, 0.3) is 11.1 Å². The standard InChI is InChI=1S/C21H23F2NO3/c22-19-10-16(11-20(23)18(19)12-24-8-2-5-21(25)26)15-3-1-4-17(9-15)27-13-14-6-7-14/h1,3-4,9-11,14,24H,2,5-8,12-13H2,(H,25,26). The van der Waals surface area contributed by atoms with Gasteiger partial charge in [-0.15, -0.1) is 0 Å². The summed E-state index contributed by atoms with van der Waals surface area (Å²) < 4.78 is 34.5. The molecule has 4 nitrogen and oxygen atoms in total. The lowest BCUT2D eigenvalue weighted by molar-refractivity contribution is -0.137. The van der Waals surface area contributed by atoms with Crippen LogP contribution in [0.1, 0.15) is 31.2 Å². The Kier molecular flexibility index (Phi) is 6.40. The van der Waals surface area contributed by atoms with E-state index in [1.54, 1.807) is 12.1 Å². The zero-order valence-corrected chi connectivity index (χ0v) is 15.0. The quantitative estimate of drug-likeness (QED) is 0.605. The molecule has 6 heteroatoms. The summed E-state index contributed by atoms with van der Waals surface area (Å²) in [6, 6.07) is 9.87. The van der Waals surface area contributed by atoms with Gasteiger partial charge in [0, 0.05) is 18.5 Å². The summed E-state index contributed by atoms with van der Waals surface area (Å²) in [5.41, 5.74) is 1.11. The van der Waals surface area contributed by atoms with E-state index in [1.807, 2.05) is 12.1 Å². The molecule has 0 bridgehead atoms. The van der Waals surface area contributed by atoms with Crippen LogP contribution < -0.4 is 10.1 Å². The summed E-state index contributed by atoms with van der Waals surface area (Å²) in [7, 11) is 0. The smallest absolute Gasteiger partial charge is 0.303 e. The number of hydrogen-bond acceptors (Lipinski definition) is 3. The minimum atomic E-state index is -0.887. The van der Waals surface area contributed by atoms with Gasteiger partial charge in [0.2, 0.25) is 0 Å². The number of benzene rings is 2. The van der Waals surface area contributed by atoms with E-state index in [4.69, 9.17) is 9.84 Å². The van der Waals surface area contributed by atoms with Gasteiger partial charge in [0.25, 0.3) is 0 Å². The number of carboxylic acids is 1. The first kappa shape index (κ1) is 19.3. The maximum atomic E-state index is 14.4. The predicted molar refractivity (Wildman–Crippen MR) is 98.6 cm³/mol. The summed E-state index contributed by atoms with van der Waals surface area (Å²) in [4.78, 5) is 10.5. The average molecular weight is 375 g/mol. The molecule has 2 aromatic rings. The Morgan fingerprint density at radius 1 is 1.15 bits per heavy atom. The molecule has 27 heavy (non-hydrogen) atoms. The number of rotatable bonds is 10. The van der Waals surface area contributed by atoms with Crippen molar-refractivity contribution in [3.05, 3.63) is 53.6 Å². The van der Waals surface area contributed by atoms with Gasteiger partial charge in [-0.1, -0.05) is 12.1 Å². The molecule has 0 aliphatic heterocycles. The number of ether oxygens (including phenoxy) is 1. The Morgan fingerprint density at radius 2 is 1.89 bits per heavy atom. The van der Waals surface area contributed by atoms with Crippen LogP contribution in [-0.4, -0.2) is 24.2 Å². The van der Waals surface area contributed by atoms with Gasteiger partial charge in [-0.25, -0.2) is 8.78 Å². The van der Waals surface area contributed by atoms with Gasteiger partial charge in [0.1, 0.15) is 17.4 Å². The Morgan fingerprint density at radius 3 is 2.56 bits per heavy atom. The van der Waals surface area contributed by atoms with Gasteiger partial charge >= 0.3 is 5.97 Å². The second-order valence-electron chi connectivity index (χ2n) is 6.87. The lowest BCUT2D eigenvalue weighted by Crippen LogP contribution is -2.17. The first-order valence-electron chi connectivity index (χ1n) is 9.16. The molecule has 1 saturated carbocycles. The SMILES string of the molecule is O=C(O)CCCNCc1c(F)cc(-c2cccc(OCC3CC3)c2)cc1F. The van der Waals surface area contributed by atoms with Crippen LogP contribution in [0.2, 0.25) is 0 Å². The van der Waals surface area contributed by atoms with Crippen LogP contribution in [-0.2, 0) is 11.3 Å². The molecule has 2 N–H and O–H groups in total. The maximum absolute atomic E-state index is 14.4. The molecular weight excluding hydrogens is 352 g/mol. The normalized spacial score (nSPS) is 13.6. The molecule has 3 rings (SSSR count). The molecule has 144 valence electrons. The summed E-state index contributed by atoms with van der Waals surface area (Å²) in [6.07, 6.45) is 2.82. The molecule has 0 aromatic heterocycles. The molecule has 1 aliphatic rings. The van der Waals surface area contributed by atoms with E-state index in [0.717, 1.165) is 0 Å². The molecule has 0 saturated heterocycles. The molecule has 1 fully saturated rings. The van der Waals surface area contributed by atoms with Crippen LogP contribution in [0.4, 0.5) is 8.78 Å². The molecule has 0 radical (unpaired) electrons. The van der Waals surface area contributed by atoms with E-state index in [1.165, 1.54) is 25.0 Å². The van der Waals surface area contributed by atoms with Crippen molar-refractivity contribution >= 4 is 5.97 Å². The fourth-order valence-corrected chi connectivity index (χ4v) is 2.78. The van der Waals surface area contributed by atoms with Crippen molar-refractivity contribution < 1.29 is 23.4 Å². The van der Waals surface area contributed by atoms with Crippen molar-refractivity contribution in [2.24, 2.45) is 5.92 Å². The number of aliphatic carboxylic acids is 1. The third kappa shape index (κ3) is 5.76. The molecule has 0 spiro atoms. The highest BCUT2D eigenvalue weighted by Crippen LogP contribution is 2.31. The van der Waals surface area contributed by atoms with Crippen LogP contribution in [0.15, 0.2) is 36.4 Å². The number of hydrogen-bond donors (Lipinski definition) is 2. The third-order valence-corrected chi connectivity index (χ3v) is 4.54. The second kappa shape index (κ2) is 8.95. The third-order valence-electron chi connectivity index (χ3n) is 4.54. The average Bonchev–Trinajstić information content (AvgIpc) is 3.46. The molecule has 1 aliphatic carbocycles. The van der Waals surface area contributed by atoms with Gasteiger partial charge in [-0.05, 0) is 67.1 Å². The Bertz CT molecular complexity index is 783. The van der Waals surface area contributed by atoms with E-state index in [2.05, 4.69) is 5.32 Å². The summed E-state index contributed by atoms with van der Waals surface area (Å²) in [5, 5.41) is 11.5. The molecule has 2 aromatic carbocycles. The molecule has 0 amide bonds. The Hall–Kier alpha value is -2.47. The topological polar surface area (TPSA) is 58.6 Å². The maximum Gasteiger partial charge on any atom is 0.303 e. The van der Waals surface area contributed by atoms with E-state index in [-0.39, 0.29) is 18.5 Å². The van der Waals surface area contributed by atoms with Crippen LogP contribution in [0.5, 0.6) is 5.75 Å². The van der Waals surface area contributed by atoms with E-state index in [9.17, 15) is 13.6 Å². The highest BCUT2D eigenvalue weighted by Gasteiger charge is 2.22. The van der Waals surface area contributed by atoms with Crippen LogP contribution >= 0.6 is 0 Å². The highest BCUT2D eigenvalue weighted by atomic mass is 19.1. The molecule has 0 unspecified atom stereocenters. The predicted octanol–water partition coefficient (Wildman–Crippen LogP) is 4.38. The van der Waals surface area contributed by atoms with Crippen LogP contribution in [0, 0.1) is 17.6 Å². The number of halogens is 2. The fraction of sp³-hybridized carbons (Fsp3) is 0.381. The zero-order chi connectivity index (χ0) is 19.2. The molecule has 0 heterocycles. The zero-order valence-electron chi connectivity index (χ0n) is 15.0. The fourth-order valence-electron chi connectivity index (χ4n) is 2.78. The van der Waals surface area contributed by atoms with Crippen molar-refractivity contribution in [2.75, 3.05) is 13.2 Å². The van der Waals surface area contributed by atoms with Gasteiger partial charge < -0.3 is 15.2 Å². The first-order chi connectivity index (χ1) is 13.0. The Balaban J connectivity index is 1.64. The van der Waals surface area contributed by atoms with E-state index < -0.39 is 17.6 Å². The number of carboxylic acid groups (broad SMARTS) is 1. The van der Waals surface area contributed by atoms with Crippen molar-refractivity contribution in [2.45, 2.75) is 32.2 Å². The lowest BCUT2D eigenvalue weighted by Gasteiger charge is -2.11. The van der Waals surface area contributed by atoms with Crippen molar-refractivity contribution in [1.82, 2.24) is 5.32 Å². The largest absolute Gasteiger partial charge is 0.493 e. The van der Waals surface area contributed by atoms with Crippen LogP contribution in [0.3, 0.4) is 0 Å². The van der Waals surface area contributed by atoms with E-state index in [0.29, 0.717) is 42.4 Å². The monoisotopic (exact) mass is 375 g/mol. The van der Waals surface area contributed by atoms with Gasteiger partial charge in [-0.3, -0.25) is 4.79 Å².